The molecule has 0 aromatic rings. The molecule has 0 saturated heterocycles. The van der Waals surface area contributed by atoms with E-state index in [1.807, 2.05) is 0 Å². The van der Waals surface area contributed by atoms with Gasteiger partial charge in [-0.1, -0.05) is 26.7 Å². The van der Waals surface area contributed by atoms with Gasteiger partial charge in [-0.15, -0.1) is 0 Å². The second-order valence-corrected chi connectivity index (χ2v) is 4.95. The summed E-state index contributed by atoms with van der Waals surface area (Å²) in [5.74, 6) is 0. The van der Waals surface area contributed by atoms with Crippen molar-refractivity contribution < 1.29 is 0 Å². The van der Waals surface area contributed by atoms with Gasteiger partial charge in [0.05, 0.1) is 0 Å². The predicted octanol–water partition coefficient (Wildman–Crippen LogP) is 2.30. The zero-order chi connectivity index (χ0) is 10.4. The van der Waals surface area contributed by atoms with Gasteiger partial charge in [0.2, 0.25) is 0 Å². The van der Waals surface area contributed by atoms with Crippen molar-refractivity contribution >= 4 is 0 Å². The molecular weight excluding hydrogens is 172 g/mol. The molecule has 14 heavy (non-hydrogen) atoms. The Morgan fingerprint density at radius 2 is 1.79 bits per heavy atom. The third-order valence-electron chi connectivity index (χ3n) is 3.01. The Morgan fingerprint density at radius 3 is 2.36 bits per heavy atom. The van der Waals surface area contributed by atoms with Gasteiger partial charge in [0, 0.05) is 18.1 Å². The summed E-state index contributed by atoms with van der Waals surface area (Å²) in [7, 11) is 0. The van der Waals surface area contributed by atoms with Crippen molar-refractivity contribution in [1.29, 1.82) is 0 Å². The first-order valence-corrected chi connectivity index (χ1v) is 6.18. The van der Waals surface area contributed by atoms with Crippen molar-refractivity contribution in [2.24, 2.45) is 0 Å². The van der Waals surface area contributed by atoms with Crippen LogP contribution in [0.2, 0.25) is 0 Å². The first-order valence-electron chi connectivity index (χ1n) is 6.18. The van der Waals surface area contributed by atoms with Crippen LogP contribution in [0.3, 0.4) is 0 Å². The molecule has 0 heterocycles. The highest BCUT2D eigenvalue weighted by Gasteiger charge is 2.16. The summed E-state index contributed by atoms with van der Waals surface area (Å²) >= 11 is 0. The molecule has 2 nitrogen and oxygen atoms in total. The van der Waals surface area contributed by atoms with Gasteiger partial charge in [-0.25, -0.2) is 0 Å². The molecule has 1 fully saturated rings. The van der Waals surface area contributed by atoms with E-state index in [1.165, 1.54) is 32.1 Å². The molecule has 0 aromatic carbocycles. The first-order chi connectivity index (χ1) is 6.68. The Hall–Kier alpha value is -0.0800. The normalized spacial score (nSPS) is 20.6. The van der Waals surface area contributed by atoms with Crippen LogP contribution < -0.4 is 10.6 Å². The number of hydrogen-bond donors (Lipinski definition) is 2. The molecule has 84 valence electrons. The fourth-order valence-corrected chi connectivity index (χ4v) is 2.17. The van der Waals surface area contributed by atoms with Crippen molar-refractivity contribution in [2.45, 2.75) is 71.0 Å². The van der Waals surface area contributed by atoms with E-state index in [0.29, 0.717) is 12.1 Å². The van der Waals surface area contributed by atoms with Gasteiger partial charge in [-0.2, -0.15) is 0 Å². The summed E-state index contributed by atoms with van der Waals surface area (Å²) in [5, 5.41) is 7.17. The van der Waals surface area contributed by atoms with Gasteiger partial charge < -0.3 is 10.6 Å². The van der Waals surface area contributed by atoms with E-state index in [-0.39, 0.29) is 0 Å². The zero-order valence-electron chi connectivity index (χ0n) is 9.97. The Kier molecular flexibility index (Phi) is 5.49. The molecule has 0 radical (unpaired) electrons. The highest BCUT2D eigenvalue weighted by Crippen LogP contribution is 2.18. The van der Waals surface area contributed by atoms with E-state index in [9.17, 15) is 0 Å². The van der Waals surface area contributed by atoms with Crippen LogP contribution in [0.4, 0.5) is 0 Å². The van der Waals surface area contributed by atoms with Gasteiger partial charge >= 0.3 is 0 Å². The highest BCUT2D eigenvalue weighted by molar-refractivity contribution is 4.77. The maximum absolute atomic E-state index is 3.71. The molecule has 1 rings (SSSR count). The maximum Gasteiger partial charge on any atom is 0.00695 e. The van der Waals surface area contributed by atoms with E-state index in [1.54, 1.807) is 0 Å². The summed E-state index contributed by atoms with van der Waals surface area (Å²) in [6.07, 6.45) is 6.88. The second-order valence-electron chi connectivity index (χ2n) is 4.95. The van der Waals surface area contributed by atoms with Crippen molar-refractivity contribution in [3.8, 4) is 0 Å². The lowest BCUT2D eigenvalue weighted by atomic mass is 10.1. The number of hydrogen-bond acceptors (Lipinski definition) is 2. The summed E-state index contributed by atoms with van der Waals surface area (Å²) in [5.41, 5.74) is 0. The van der Waals surface area contributed by atoms with E-state index in [4.69, 9.17) is 0 Å². The monoisotopic (exact) mass is 198 g/mol. The Morgan fingerprint density at radius 1 is 1.14 bits per heavy atom. The first kappa shape index (κ1) is 12.0. The van der Waals surface area contributed by atoms with Crippen LogP contribution in [0.5, 0.6) is 0 Å². The van der Waals surface area contributed by atoms with Crippen LogP contribution >= 0.6 is 0 Å². The van der Waals surface area contributed by atoms with Crippen LogP contribution in [0.25, 0.3) is 0 Å². The molecule has 1 atom stereocenters. The van der Waals surface area contributed by atoms with Crippen molar-refractivity contribution in [2.75, 3.05) is 6.54 Å². The van der Waals surface area contributed by atoms with Crippen LogP contribution in [0, 0.1) is 0 Å². The maximum atomic E-state index is 3.71. The van der Waals surface area contributed by atoms with Gasteiger partial charge in [0.1, 0.15) is 0 Å². The minimum absolute atomic E-state index is 0.619. The summed E-state index contributed by atoms with van der Waals surface area (Å²) in [6, 6.07) is 2.10. The molecule has 2 N–H and O–H groups in total. The van der Waals surface area contributed by atoms with Crippen LogP contribution in [0.15, 0.2) is 0 Å². The third kappa shape index (κ3) is 4.97. The summed E-state index contributed by atoms with van der Waals surface area (Å²) < 4.78 is 0. The smallest absolute Gasteiger partial charge is 0.00695 e. The average Bonchev–Trinajstić information content (AvgIpc) is 2.56. The van der Waals surface area contributed by atoms with Crippen LogP contribution in [0.1, 0.15) is 52.9 Å². The Labute approximate surface area is 88.8 Å². The standard InChI is InChI=1S/C12H26N2/c1-10(2)13-9-8-11(3)14-12-6-4-5-7-12/h10-14H,4-9H2,1-3H3. The minimum atomic E-state index is 0.619. The molecular formula is C12H26N2. The van der Waals surface area contributed by atoms with E-state index >= 15 is 0 Å². The van der Waals surface area contributed by atoms with Crippen molar-refractivity contribution in [1.82, 2.24) is 10.6 Å². The topological polar surface area (TPSA) is 24.1 Å². The Bertz CT molecular complexity index is 139. The molecule has 1 aliphatic carbocycles. The molecule has 2 heteroatoms. The molecule has 0 spiro atoms. The summed E-state index contributed by atoms with van der Waals surface area (Å²) in [6.45, 7) is 7.85. The molecule has 1 unspecified atom stereocenters. The van der Waals surface area contributed by atoms with E-state index < -0.39 is 0 Å². The SMILES string of the molecule is CC(C)NCCC(C)NC1CCCC1. The fraction of sp³-hybridized carbons (Fsp3) is 1.00. The number of nitrogens with one attached hydrogen (secondary N) is 2. The quantitative estimate of drug-likeness (QED) is 0.684. The molecule has 0 amide bonds. The lowest BCUT2D eigenvalue weighted by molar-refractivity contribution is 0.417. The van der Waals surface area contributed by atoms with Crippen molar-refractivity contribution in [3.63, 3.8) is 0 Å². The van der Waals surface area contributed by atoms with Gasteiger partial charge in [0.25, 0.3) is 0 Å². The number of rotatable bonds is 6. The highest BCUT2D eigenvalue weighted by atomic mass is 15.0. The van der Waals surface area contributed by atoms with Crippen molar-refractivity contribution in [3.05, 3.63) is 0 Å². The molecule has 1 saturated carbocycles. The van der Waals surface area contributed by atoms with Crippen LogP contribution in [-0.4, -0.2) is 24.7 Å². The Balaban J connectivity index is 2.00. The minimum Gasteiger partial charge on any atom is -0.314 e. The summed E-state index contributed by atoms with van der Waals surface area (Å²) in [4.78, 5) is 0. The molecule has 0 aromatic heterocycles. The predicted molar refractivity (Wildman–Crippen MR) is 62.6 cm³/mol. The second kappa shape index (κ2) is 6.41. The third-order valence-corrected chi connectivity index (χ3v) is 3.01. The van der Waals surface area contributed by atoms with E-state index in [2.05, 4.69) is 31.4 Å². The van der Waals surface area contributed by atoms with Crippen LogP contribution in [-0.2, 0) is 0 Å². The van der Waals surface area contributed by atoms with Gasteiger partial charge in [-0.3, -0.25) is 0 Å². The largest absolute Gasteiger partial charge is 0.314 e. The van der Waals surface area contributed by atoms with E-state index in [0.717, 1.165) is 12.6 Å². The molecule has 0 bridgehead atoms. The van der Waals surface area contributed by atoms with Gasteiger partial charge in [0.15, 0.2) is 0 Å². The lowest BCUT2D eigenvalue weighted by Gasteiger charge is -2.19. The van der Waals surface area contributed by atoms with Gasteiger partial charge in [-0.05, 0) is 32.7 Å². The molecule has 1 aliphatic rings. The lowest BCUT2D eigenvalue weighted by Crippen LogP contribution is -2.37. The average molecular weight is 198 g/mol. The molecule has 0 aliphatic heterocycles. The fourth-order valence-electron chi connectivity index (χ4n) is 2.17. The zero-order valence-corrected chi connectivity index (χ0v) is 9.97.